The fourth-order valence-electron chi connectivity index (χ4n) is 3.04. The van der Waals surface area contributed by atoms with Crippen LogP contribution < -0.4 is 11.1 Å². The molecule has 0 radical (unpaired) electrons. The van der Waals surface area contributed by atoms with E-state index in [4.69, 9.17) is 5.73 Å². The highest BCUT2D eigenvalue weighted by atomic mass is 19.3. The second kappa shape index (κ2) is 6.88. The molecule has 3 amide bonds. The van der Waals surface area contributed by atoms with Crippen molar-refractivity contribution in [3.63, 3.8) is 0 Å². The number of carbonyl (C=O) groups excluding carboxylic acids is 2. The van der Waals surface area contributed by atoms with Gasteiger partial charge < -0.3 is 16.0 Å². The summed E-state index contributed by atoms with van der Waals surface area (Å²) in [4.78, 5) is 25.2. The van der Waals surface area contributed by atoms with Gasteiger partial charge in [-0.2, -0.15) is 0 Å². The van der Waals surface area contributed by atoms with E-state index in [0.29, 0.717) is 6.54 Å². The summed E-state index contributed by atoms with van der Waals surface area (Å²) < 4.78 is 24.3. The first kappa shape index (κ1) is 16.9. The van der Waals surface area contributed by atoms with Gasteiger partial charge in [-0.3, -0.25) is 4.79 Å². The lowest BCUT2D eigenvalue weighted by atomic mass is 9.97. The third kappa shape index (κ3) is 3.45. The van der Waals surface area contributed by atoms with E-state index < -0.39 is 24.9 Å². The van der Waals surface area contributed by atoms with Crippen molar-refractivity contribution in [2.24, 2.45) is 5.73 Å². The van der Waals surface area contributed by atoms with Crippen LogP contribution in [0.1, 0.15) is 33.1 Å². The molecule has 1 atom stereocenters. The van der Waals surface area contributed by atoms with Crippen molar-refractivity contribution < 1.29 is 18.4 Å². The smallest absolute Gasteiger partial charge is 0.315 e. The molecule has 1 heterocycles. The van der Waals surface area contributed by atoms with Gasteiger partial charge in [0.2, 0.25) is 0 Å². The first-order valence-corrected chi connectivity index (χ1v) is 7.77. The normalized spacial score (nSPS) is 16.0. The molecule has 130 valence electrons. The first-order valence-electron chi connectivity index (χ1n) is 7.77. The van der Waals surface area contributed by atoms with Crippen molar-refractivity contribution >= 4 is 11.9 Å². The highest BCUT2D eigenvalue weighted by molar-refractivity contribution is 5.94. The summed E-state index contributed by atoms with van der Waals surface area (Å²) in [6.45, 7) is -0.265. The van der Waals surface area contributed by atoms with E-state index in [1.54, 1.807) is 29.2 Å². The summed E-state index contributed by atoms with van der Waals surface area (Å²) in [5.74, 6) is -0.564. The second-order valence-corrected chi connectivity index (χ2v) is 5.79. The van der Waals surface area contributed by atoms with Crippen molar-refractivity contribution in [2.45, 2.75) is 19.0 Å². The van der Waals surface area contributed by atoms with Crippen LogP contribution in [0.15, 0.2) is 48.5 Å². The SMILES string of the molecule is NC(=O)N1Cc2ccccc2C1c1ccc(C(=O)NCC(F)F)cc1. The Kier molecular flexibility index (Phi) is 4.65. The highest BCUT2D eigenvalue weighted by Crippen LogP contribution is 2.38. The van der Waals surface area contributed by atoms with Crippen LogP contribution in [-0.2, 0) is 6.54 Å². The number of urea groups is 1. The number of primary amides is 1. The fourth-order valence-corrected chi connectivity index (χ4v) is 3.04. The standard InChI is InChI=1S/C18H17F2N3O2/c19-15(20)9-22-17(24)12-7-5-11(6-8-12)16-14-4-2-1-3-13(14)10-23(16)18(21)25/h1-8,15-16H,9-10H2,(H2,21,25)(H,22,24). The lowest BCUT2D eigenvalue weighted by molar-refractivity contribution is 0.0891. The number of rotatable bonds is 4. The number of nitrogens with one attached hydrogen (secondary N) is 1. The fraction of sp³-hybridized carbons (Fsp3) is 0.222. The Balaban J connectivity index is 1.85. The number of carbonyl (C=O) groups is 2. The lowest BCUT2D eigenvalue weighted by Gasteiger charge is -2.24. The summed E-state index contributed by atoms with van der Waals surface area (Å²) in [6.07, 6.45) is -2.60. The van der Waals surface area contributed by atoms with Gasteiger partial charge >= 0.3 is 6.03 Å². The first-order chi connectivity index (χ1) is 12.0. The quantitative estimate of drug-likeness (QED) is 0.894. The highest BCUT2D eigenvalue weighted by Gasteiger charge is 2.33. The molecule has 1 aliphatic heterocycles. The molecule has 0 fully saturated rings. The molecule has 2 aromatic rings. The molecule has 0 bridgehead atoms. The minimum atomic E-state index is -2.60. The van der Waals surface area contributed by atoms with Crippen molar-refractivity contribution in [1.29, 1.82) is 0 Å². The molecular formula is C18H17F2N3O2. The van der Waals surface area contributed by atoms with Gasteiger partial charge in [0.05, 0.1) is 12.6 Å². The molecular weight excluding hydrogens is 328 g/mol. The Hall–Kier alpha value is -2.96. The summed E-state index contributed by atoms with van der Waals surface area (Å²) in [6, 6.07) is 13.3. The van der Waals surface area contributed by atoms with Crippen LogP contribution >= 0.6 is 0 Å². The Morgan fingerprint density at radius 2 is 1.84 bits per heavy atom. The van der Waals surface area contributed by atoms with Gasteiger partial charge in [0.25, 0.3) is 12.3 Å². The van der Waals surface area contributed by atoms with Gasteiger partial charge in [-0.15, -0.1) is 0 Å². The van der Waals surface area contributed by atoms with Gasteiger partial charge in [0.15, 0.2) is 0 Å². The van der Waals surface area contributed by atoms with Crippen LogP contribution in [0.5, 0.6) is 0 Å². The van der Waals surface area contributed by atoms with Crippen molar-refractivity contribution in [1.82, 2.24) is 10.2 Å². The van der Waals surface area contributed by atoms with Crippen LogP contribution in [0, 0.1) is 0 Å². The summed E-state index contributed by atoms with van der Waals surface area (Å²) in [7, 11) is 0. The maximum Gasteiger partial charge on any atom is 0.315 e. The lowest BCUT2D eigenvalue weighted by Crippen LogP contribution is -2.34. The Bertz CT molecular complexity index is 793. The molecule has 0 aliphatic carbocycles. The third-order valence-electron chi connectivity index (χ3n) is 4.19. The van der Waals surface area contributed by atoms with Gasteiger partial charge in [-0.05, 0) is 28.8 Å². The molecule has 0 saturated carbocycles. The van der Waals surface area contributed by atoms with Crippen molar-refractivity contribution in [2.75, 3.05) is 6.54 Å². The van der Waals surface area contributed by atoms with Gasteiger partial charge in [-0.1, -0.05) is 36.4 Å². The van der Waals surface area contributed by atoms with Crippen LogP contribution in [0.2, 0.25) is 0 Å². The zero-order valence-electron chi connectivity index (χ0n) is 13.3. The molecule has 5 nitrogen and oxygen atoms in total. The van der Waals surface area contributed by atoms with Gasteiger partial charge in [0.1, 0.15) is 0 Å². The van der Waals surface area contributed by atoms with Crippen LogP contribution in [0.4, 0.5) is 13.6 Å². The number of nitrogens with zero attached hydrogens (tertiary/aromatic N) is 1. The second-order valence-electron chi connectivity index (χ2n) is 5.79. The Labute approximate surface area is 143 Å². The molecule has 7 heteroatoms. The molecule has 0 saturated heterocycles. The minimum Gasteiger partial charge on any atom is -0.351 e. The van der Waals surface area contributed by atoms with Crippen molar-refractivity contribution in [3.05, 3.63) is 70.8 Å². The van der Waals surface area contributed by atoms with E-state index in [1.807, 2.05) is 24.3 Å². The predicted octanol–water partition coefficient (Wildman–Crippen LogP) is 2.67. The van der Waals surface area contributed by atoms with E-state index >= 15 is 0 Å². The van der Waals surface area contributed by atoms with Crippen LogP contribution in [-0.4, -0.2) is 29.8 Å². The van der Waals surface area contributed by atoms with Crippen LogP contribution in [0.3, 0.4) is 0 Å². The molecule has 25 heavy (non-hydrogen) atoms. The Morgan fingerprint density at radius 3 is 2.48 bits per heavy atom. The number of nitrogens with two attached hydrogens (primary N) is 1. The number of benzene rings is 2. The zero-order chi connectivity index (χ0) is 18.0. The minimum absolute atomic E-state index is 0.279. The molecule has 1 aliphatic rings. The average Bonchev–Trinajstić information content (AvgIpc) is 2.99. The average molecular weight is 345 g/mol. The largest absolute Gasteiger partial charge is 0.351 e. The summed E-state index contributed by atoms with van der Waals surface area (Å²) >= 11 is 0. The number of hydrogen-bond donors (Lipinski definition) is 2. The molecule has 0 aromatic heterocycles. The molecule has 0 spiro atoms. The summed E-state index contributed by atoms with van der Waals surface area (Å²) in [5.41, 5.74) is 8.58. The maximum atomic E-state index is 12.2. The maximum absolute atomic E-state index is 12.2. The van der Waals surface area contributed by atoms with Crippen LogP contribution in [0.25, 0.3) is 0 Å². The van der Waals surface area contributed by atoms with Gasteiger partial charge in [-0.25, -0.2) is 13.6 Å². The number of halogens is 2. The molecule has 1 unspecified atom stereocenters. The monoisotopic (exact) mass is 345 g/mol. The number of amides is 3. The molecule has 3 rings (SSSR count). The number of alkyl halides is 2. The number of hydrogen-bond acceptors (Lipinski definition) is 2. The zero-order valence-corrected chi connectivity index (χ0v) is 13.3. The summed E-state index contributed by atoms with van der Waals surface area (Å²) in [5, 5.41) is 2.16. The van der Waals surface area contributed by atoms with Gasteiger partial charge in [0, 0.05) is 12.1 Å². The van der Waals surface area contributed by atoms with E-state index in [0.717, 1.165) is 16.7 Å². The van der Waals surface area contributed by atoms with E-state index in [2.05, 4.69) is 5.32 Å². The third-order valence-corrected chi connectivity index (χ3v) is 4.19. The number of fused-ring (bicyclic) bond motifs is 1. The topological polar surface area (TPSA) is 75.4 Å². The van der Waals surface area contributed by atoms with E-state index in [1.165, 1.54) is 0 Å². The Morgan fingerprint density at radius 1 is 1.16 bits per heavy atom. The van der Waals surface area contributed by atoms with E-state index in [-0.39, 0.29) is 11.6 Å². The molecule has 2 aromatic carbocycles. The van der Waals surface area contributed by atoms with E-state index in [9.17, 15) is 18.4 Å². The molecule has 3 N–H and O–H groups in total. The predicted molar refractivity (Wildman–Crippen MR) is 88.2 cm³/mol. The van der Waals surface area contributed by atoms with Crippen molar-refractivity contribution in [3.8, 4) is 0 Å².